The molecule has 0 aromatic carbocycles. The monoisotopic (exact) mass is 386 g/mol. The fourth-order valence-corrected chi connectivity index (χ4v) is 2.74. The summed E-state index contributed by atoms with van der Waals surface area (Å²) in [7, 11) is 1.34. The Bertz CT molecular complexity index is 807. The molecule has 0 spiro atoms. The van der Waals surface area contributed by atoms with Crippen LogP contribution in [0.25, 0.3) is 0 Å². The normalized spacial score (nSPS) is 25.6. The Morgan fingerprint density at radius 1 is 1.33 bits per heavy atom. The van der Waals surface area contributed by atoms with Gasteiger partial charge >= 0.3 is 11.7 Å². The first-order chi connectivity index (χ1) is 12.5. The van der Waals surface area contributed by atoms with Gasteiger partial charge < -0.3 is 24.4 Å². The Balaban J connectivity index is 2.42. The number of methoxy groups -OCH3 is 1. The van der Waals surface area contributed by atoms with E-state index in [-0.39, 0.29) is 5.56 Å². The minimum absolute atomic E-state index is 0.210. The highest BCUT2D eigenvalue weighted by molar-refractivity contribution is 5.75. The zero-order chi connectivity index (χ0) is 20.5. The van der Waals surface area contributed by atoms with E-state index in [0.717, 1.165) is 9.13 Å². The summed E-state index contributed by atoms with van der Waals surface area (Å²) >= 11 is 0. The number of aliphatic hydroxyl groups is 2. The van der Waals surface area contributed by atoms with Crippen LogP contribution in [0.15, 0.2) is 15.8 Å². The molecule has 2 N–H and O–H groups in total. The van der Waals surface area contributed by atoms with Gasteiger partial charge in [-0.3, -0.25) is 14.2 Å². The molecule has 152 valence electrons. The lowest BCUT2D eigenvalue weighted by molar-refractivity contribution is -0.157. The number of nitrogens with zero attached hydrogens (tertiary/aromatic N) is 2. The minimum atomic E-state index is -1.16. The largest absolute Gasteiger partial charge is 0.443 e. The van der Waals surface area contributed by atoms with Gasteiger partial charge in [-0.25, -0.2) is 9.36 Å². The van der Waals surface area contributed by atoms with Gasteiger partial charge in [-0.1, -0.05) is 0 Å². The molecule has 10 heteroatoms. The van der Waals surface area contributed by atoms with Gasteiger partial charge in [-0.05, 0) is 27.7 Å². The van der Waals surface area contributed by atoms with Crippen molar-refractivity contribution in [3.63, 3.8) is 0 Å². The van der Waals surface area contributed by atoms with Crippen LogP contribution in [-0.4, -0.2) is 57.3 Å². The summed E-state index contributed by atoms with van der Waals surface area (Å²) in [6.45, 7) is 5.44. The third kappa shape index (κ3) is 4.13. The van der Waals surface area contributed by atoms with Gasteiger partial charge in [-0.15, -0.1) is 0 Å². The topological polar surface area (TPSA) is 129 Å². The van der Waals surface area contributed by atoms with Crippen molar-refractivity contribution < 1.29 is 29.2 Å². The molecule has 1 aromatic heterocycles. The summed E-state index contributed by atoms with van der Waals surface area (Å²) in [4.78, 5) is 37.1. The van der Waals surface area contributed by atoms with Crippen LogP contribution >= 0.6 is 0 Å². The predicted octanol–water partition coefficient (Wildman–Crippen LogP) is -0.869. The molecule has 0 saturated carbocycles. The molecule has 1 fully saturated rings. The number of carbonyl (C=O) groups is 1. The number of hydrogen-bond donors (Lipinski definition) is 2. The summed E-state index contributed by atoms with van der Waals surface area (Å²) in [5, 5.41) is 19.5. The highest BCUT2D eigenvalue weighted by Gasteiger charge is 2.45. The van der Waals surface area contributed by atoms with E-state index in [0.29, 0.717) is 0 Å². The molecule has 1 aliphatic rings. The molecule has 0 unspecified atom stereocenters. The second-order valence-corrected chi connectivity index (χ2v) is 7.48. The molecule has 27 heavy (non-hydrogen) atoms. The van der Waals surface area contributed by atoms with Gasteiger partial charge in [0.15, 0.2) is 13.0 Å². The first kappa shape index (κ1) is 21.3. The maximum absolute atomic E-state index is 12.8. The fourth-order valence-electron chi connectivity index (χ4n) is 2.74. The van der Waals surface area contributed by atoms with Crippen molar-refractivity contribution in [1.82, 2.24) is 9.13 Å². The molecule has 0 bridgehead atoms. The molecule has 2 heterocycles. The van der Waals surface area contributed by atoms with Crippen LogP contribution in [0.1, 0.15) is 32.6 Å². The van der Waals surface area contributed by atoms with E-state index in [4.69, 9.17) is 14.2 Å². The van der Waals surface area contributed by atoms with E-state index >= 15 is 0 Å². The van der Waals surface area contributed by atoms with Crippen molar-refractivity contribution in [2.75, 3.05) is 13.7 Å². The molecule has 10 nitrogen and oxygen atoms in total. The smallest absolute Gasteiger partial charge is 0.336 e. The van der Waals surface area contributed by atoms with E-state index in [2.05, 4.69) is 0 Å². The van der Waals surface area contributed by atoms with Crippen molar-refractivity contribution in [3.8, 4) is 0 Å². The molecule has 0 aliphatic carbocycles. The summed E-state index contributed by atoms with van der Waals surface area (Å²) in [6, 6.07) is 0. The van der Waals surface area contributed by atoms with E-state index in [1.807, 2.05) is 0 Å². The van der Waals surface area contributed by atoms with Crippen LogP contribution < -0.4 is 11.2 Å². The van der Waals surface area contributed by atoms with Crippen LogP contribution in [0, 0.1) is 12.3 Å². The maximum Gasteiger partial charge on any atom is 0.336 e. The molecule has 1 aromatic rings. The lowest BCUT2D eigenvalue weighted by atomic mass is 9.98. The first-order valence-electron chi connectivity index (χ1n) is 8.50. The Morgan fingerprint density at radius 2 is 1.96 bits per heavy atom. The van der Waals surface area contributed by atoms with Crippen molar-refractivity contribution in [2.45, 2.75) is 59.0 Å². The summed E-state index contributed by atoms with van der Waals surface area (Å²) in [6.07, 6.45) is -2.79. The van der Waals surface area contributed by atoms with Crippen LogP contribution in [-0.2, 0) is 25.7 Å². The Labute approximate surface area is 155 Å². The molecule has 2 rings (SSSR count). The van der Waals surface area contributed by atoms with E-state index in [1.165, 1.54) is 20.2 Å². The van der Waals surface area contributed by atoms with Gasteiger partial charge in [0, 0.05) is 18.9 Å². The third-order valence-corrected chi connectivity index (χ3v) is 4.34. The maximum atomic E-state index is 12.8. The quantitative estimate of drug-likeness (QED) is 0.625. The summed E-state index contributed by atoms with van der Waals surface area (Å²) in [5.41, 5.74) is -1.98. The van der Waals surface area contributed by atoms with Crippen molar-refractivity contribution in [1.29, 1.82) is 0 Å². The number of rotatable bonds is 5. The zero-order valence-corrected chi connectivity index (χ0v) is 16.0. The predicted molar refractivity (Wildman–Crippen MR) is 93.0 cm³/mol. The number of carbonyl (C=O) groups excluding carboxylic acids is 1. The second kappa shape index (κ2) is 7.93. The van der Waals surface area contributed by atoms with Gasteiger partial charge in [0.1, 0.15) is 18.3 Å². The number of ether oxygens (including phenoxy) is 3. The molecular weight excluding hydrogens is 360 g/mol. The number of aryl methyl sites for hydroxylation is 1. The van der Waals surface area contributed by atoms with Crippen molar-refractivity contribution >= 4 is 5.97 Å². The number of aliphatic hydroxyl groups excluding tert-OH is 2. The van der Waals surface area contributed by atoms with Crippen molar-refractivity contribution in [2.24, 2.45) is 5.41 Å². The van der Waals surface area contributed by atoms with Gasteiger partial charge in [-0.2, -0.15) is 0 Å². The Kier molecular flexibility index (Phi) is 6.25. The van der Waals surface area contributed by atoms with E-state index < -0.39 is 60.5 Å². The molecule has 1 aliphatic heterocycles. The van der Waals surface area contributed by atoms with Crippen LogP contribution in [0.4, 0.5) is 0 Å². The lowest BCUT2D eigenvalue weighted by Crippen LogP contribution is -2.45. The van der Waals surface area contributed by atoms with Crippen LogP contribution in [0.3, 0.4) is 0 Å². The highest BCUT2D eigenvalue weighted by Crippen LogP contribution is 2.30. The second-order valence-electron chi connectivity index (χ2n) is 7.48. The van der Waals surface area contributed by atoms with Crippen molar-refractivity contribution in [3.05, 3.63) is 32.6 Å². The highest BCUT2D eigenvalue weighted by atomic mass is 16.6. The summed E-state index contributed by atoms with van der Waals surface area (Å²) < 4.78 is 17.7. The molecule has 0 radical (unpaired) electrons. The van der Waals surface area contributed by atoms with Gasteiger partial charge in [0.25, 0.3) is 5.56 Å². The fraction of sp³-hybridized carbons (Fsp3) is 0.706. The third-order valence-electron chi connectivity index (χ3n) is 4.34. The number of hydrogen-bond acceptors (Lipinski definition) is 8. The number of esters is 1. The average Bonchev–Trinajstić information content (AvgIpc) is 2.92. The molecule has 0 amide bonds. The zero-order valence-electron chi connectivity index (χ0n) is 16.0. The molecule has 4 atom stereocenters. The van der Waals surface area contributed by atoms with Crippen LogP contribution in [0.5, 0.6) is 0 Å². The van der Waals surface area contributed by atoms with E-state index in [9.17, 15) is 24.6 Å². The SMILES string of the molecule is CO[C@@H]1[C@@H](O)[C@H](CO)O[C@H]1n1cc(C)c(=O)n(COC(=O)C(C)(C)C)c1=O. The first-order valence-corrected chi connectivity index (χ1v) is 8.50. The Morgan fingerprint density at radius 3 is 2.48 bits per heavy atom. The molecule has 1 saturated heterocycles. The Hall–Kier alpha value is -2.01. The van der Waals surface area contributed by atoms with Gasteiger partial charge in [0.05, 0.1) is 12.0 Å². The standard InChI is InChI=1S/C17H26N2O8/c1-9-6-18(14-12(25-5)11(21)10(7-20)27-14)16(24)19(13(9)22)8-26-15(23)17(2,3)4/h6,10-12,14,20-21H,7-8H2,1-5H3/t10-,11-,12+,14+/m0/s1. The number of aromatic nitrogens is 2. The van der Waals surface area contributed by atoms with Gasteiger partial charge in [0.2, 0.25) is 0 Å². The average molecular weight is 386 g/mol. The minimum Gasteiger partial charge on any atom is -0.443 e. The summed E-state index contributed by atoms with van der Waals surface area (Å²) in [5.74, 6) is -0.565. The lowest BCUT2D eigenvalue weighted by Gasteiger charge is -2.22. The van der Waals surface area contributed by atoms with E-state index in [1.54, 1.807) is 20.8 Å². The van der Waals surface area contributed by atoms with Crippen LogP contribution in [0.2, 0.25) is 0 Å². The molecular formula is C17H26N2O8.